The average molecular weight is 439 g/mol. The van der Waals surface area contributed by atoms with Gasteiger partial charge in [0.1, 0.15) is 17.2 Å². The SMILES string of the molecule is C/C=C/c1cc(Oc2ccc(-c3nnc(-c4ccc(C)cc4)o3)cc2)c(/C=C/C)cc1OC. The summed E-state index contributed by atoms with van der Waals surface area (Å²) in [6.07, 6.45) is 7.94. The summed E-state index contributed by atoms with van der Waals surface area (Å²) in [7, 11) is 1.67. The molecule has 0 aliphatic rings. The molecule has 0 amide bonds. The first kappa shape index (κ1) is 22.1. The highest BCUT2D eigenvalue weighted by atomic mass is 16.5. The van der Waals surface area contributed by atoms with Crippen molar-refractivity contribution in [2.24, 2.45) is 0 Å². The molecule has 4 aromatic rings. The summed E-state index contributed by atoms with van der Waals surface area (Å²) < 4.78 is 17.6. The maximum absolute atomic E-state index is 6.22. The topological polar surface area (TPSA) is 57.4 Å². The molecule has 4 rings (SSSR count). The van der Waals surface area contributed by atoms with Crippen LogP contribution in [0, 0.1) is 6.92 Å². The van der Waals surface area contributed by atoms with Gasteiger partial charge in [0.05, 0.1) is 7.11 Å². The van der Waals surface area contributed by atoms with Crippen molar-refractivity contribution < 1.29 is 13.9 Å². The fourth-order valence-electron chi connectivity index (χ4n) is 3.42. The van der Waals surface area contributed by atoms with Crippen molar-refractivity contribution in [3.05, 3.63) is 89.5 Å². The Balaban J connectivity index is 1.58. The molecule has 0 spiro atoms. The predicted octanol–water partition coefficient (Wildman–Crippen LogP) is 7.58. The van der Waals surface area contributed by atoms with Crippen molar-refractivity contribution in [1.82, 2.24) is 10.2 Å². The molecule has 5 nitrogen and oxygen atoms in total. The molecule has 0 fully saturated rings. The molecule has 1 heterocycles. The van der Waals surface area contributed by atoms with E-state index in [0.717, 1.165) is 33.8 Å². The highest BCUT2D eigenvalue weighted by Gasteiger charge is 2.12. The predicted molar refractivity (Wildman–Crippen MR) is 132 cm³/mol. The molecule has 0 saturated heterocycles. The third kappa shape index (κ3) is 5.04. The molecule has 0 aliphatic heterocycles. The number of aromatic nitrogens is 2. The summed E-state index contributed by atoms with van der Waals surface area (Å²) in [4.78, 5) is 0. The molecule has 0 N–H and O–H groups in total. The minimum atomic E-state index is 0.464. The lowest BCUT2D eigenvalue weighted by Gasteiger charge is -2.13. The quantitative estimate of drug-likeness (QED) is 0.298. The first-order valence-electron chi connectivity index (χ1n) is 10.8. The van der Waals surface area contributed by atoms with E-state index in [4.69, 9.17) is 13.9 Å². The minimum Gasteiger partial charge on any atom is -0.496 e. The van der Waals surface area contributed by atoms with E-state index in [1.807, 2.05) is 106 Å². The Hall–Kier alpha value is -4.12. The van der Waals surface area contributed by atoms with E-state index in [1.54, 1.807) is 7.11 Å². The van der Waals surface area contributed by atoms with Crippen molar-refractivity contribution in [1.29, 1.82) is 0 Å². The molecule has 33 heavy (non-hydrogen) atoms. The summed E-state index contributed by atoms with van der Waals surface area (Å²) in [5.74, 6) is 3.21. The number of methoxy groups -OCH3 is 1. The van der Waals surface area contributed by atoms with Gasteiger partial charge in [0.15, 0.2) is 0 Å². The molecular formula is C28H26N2O3. The van der Waals surface area contributed by atoms with Crippen LogP contribution >= 0.6 is 0 Å². The lowest BCUT2D eigenvalue weighted by molar-refractivity contribution is 0.411. The first-order valence-corrected chi connectivity index (χ1v) is 10.8. The Morgan fingerprint density at radius 2 is 1.24 bits per heavy atom. The number of ether oxygens (including phenoxy) is 2. The molecule has 0 bridgehead atoms. The van der Waals surface area contributed by atoms with E-state index in [1.165, 1.54) is 5.56 Å². The molecule has 0 atom stereocenters. The number of hydrogen-bond donors (Lipinski definition) is 0. The van der Waals surface area contributed by atoms with Crippen molar-refractivity contribution >= 4 is 12.2 Å². The standard InChI is InChI=1S/C28H26N2O3/c1-5-7-22-18-26(23(8-6-2)17-25(22)31-4)32-24-15-13-21(14-16-24)28-30-29-27(33-28)20-11-9-19(3)10-12-20/h5-18H,1-4H3/b7-5+,8-6+. The Bertz CT molecular complexity index is 1280. The number of rotatable bonds is 7. The smallest absolute Gasteiger partial charge is 0.248 e. The van der Waals surface area contributed by atoms with Gasteiger partial charge < -0.3 is 13.9 Å². The van der Waals surface area contributed by atoms with Gasteiger partial charge in [0, 0.05) is 22.3 Å². The van der Waals surface area contributed by atoms with Crippen LogP contribution in [0.1, 0.15) is 30.5 Å². The van der Waals surface area contributed by atoms with E-state index in [9.17, 15) is 0 Å². The number of benzene rings is 3. The summed E-state index contributed by atoms with van der Waals surface area (Å²) in [6.45, 7) is 5.99. The highest BCUT2D eigenvalue weighted by molar-refractivity contribution is 5.68. The number of aryl methyl sites for hydroxylation is 1. The van der Waals surface area contributed by atoms with Gasteiger partial charge in [0.25, 0.3) is 0 Å². The van der Waals surface area contributed by atoms with Gasteiger partial charge in [-0.15, -0.1) is 10.2 Å². The number of nitrogens with zero attached hydrogens (tertiary/aromatic N) is 2. The van der Waals surface area contributed by atoms with Crippen LogP contribution in [-0.4, -0.2) is 17.3 Å². The van der Waals surface area contributed by atoms with Crippen LogP contribution in [-0.2, 0) is 0 Å². The second kappa shape index (κ2) is 10.0. The third-order valence-electron chi connectivity index (χ3n) is 5.11. The zero-order valence-corrected chi connectivity index (χ0v) is 19.2. The van der Waals surface area contributed by atoms with Crippen LogP contribution in [0.3, 0.4) is 0 Å². The van der Waals surface area contributed by atoms with Gasteiger partial charge in [-0.2, -0.15) is 0 Å². The zero-order valence-electron chi connectivity index (χ0n) is 19.2. The Morgan fingerprint density at radius 1 is 0.727 bits per heavy atom. The van der Waals surface area contributed by atoms with Crippen LogP contribution < -0.4 is 9.47 Å². The fourth-order valence-corrected chi connectivity index (χ4v) is 3.42. The van der Waals surface area contributed by atoms with E-state index in [2.05, 4.69) is 10.2 Å². The maximum Gasteiger partial charge on any atom is 0.248 e. The molecule has 5 heteroatoms. The summed E-state index contributed by atoms with van der Waals surface area (Å²) >= 11 is 0. The molecular weight excluding hydrogens is 412 g/mol. The normalized spacial score (nSPS) is 11.4. The molecule has 0 saturated carbocycles. The van der Waals surface area contributed by atoms with E-state index >= 15 is 0 Å². The molecule has 0 unspecified atom stereocenters. The van der Waals surface area contributed by atoms with Crippen LogP contribution in [0.15, 0.2) is 77.2 Å². The largest absolute Gasteiger partial charge is 0.496 e. The van der Waals surface area contributed by atoms with Crippen LogP contribution in [0.25, 0.3) is 35.1 Å². The van der Waals surface area contributed by atoms with Gasteiger partial charge in [-0.1, -0.05) is 42.0 Å². The van der Waals surface area contributed by atoms with E-state index in [0.29, 0.717) is 17.5 Å². The van der Waals surface area contributed by atoms with Crippen molar-refractivity contribution in [3.63, 3.8) is 0 Å². The molecule has 0 aliphatic carbocycles. The Morgan fingerprint density at radius 3 is 1.79 bits per heavy atom. The van der Waals surface area contributed by atoms with Crippen molar-refractivity contribution in [2.75, 3.05) is 7.11 Å². The summed E-state index contributed by atoms with van der Waals surface area (Å²) in [5.41, 5.74) is 4.79. The molecule has 0 radical (unpaired) electrons. The lowest BCUT2D eigenvalue weighted by Crippen LogP contribution is -1.93. The molecule has 1 aromatic heterocycles. The van der Waals surface area contributed by atoms with Gasteiger partial charge >= 0.3 is 0 Å². The van der Waals surface area contributed by atoms with Crippen molar-refractivity contribution in [2.45, 2.75) is 20.8 Å². The highest BCUT2D eigenvalue weighted by Crippen LogP contribution is 2.34. The Kier molecular flexibility index (Phi) is 6.69. The average Bonchev–Trinajstić information content (AvgIpc) is 3.32. The van der Waals surface area contributed by atoms with Crippen LogP contribution in [0.2, 0.25) is 0 Å². The molecule has 166 valence electrons. The zero-order chi connectivity index (χ0) is 23.2. The second-order valence-corrected chi connectivity index (χ2v) is 7.54. The minimum absolute atomic E-state index is 0.464. The first-order chi connectivity index (χ1) is 16.1. The lowest BCUT2D eigenvalue weighted by atomic mass is 10.1. The number of allylic oxidation sites excluding steroid dienone is 2. The van der Waals surface area contributed by atoms with Gasteiger partial charge in [-0.25, -0.2) is 0 Å². The van der Waals surface area contributed by atoms with Crippen LogP contribution in [0.4, 0.5) is 0 Å². The summed E-state index contributed by atoms with van der Waals surface area (Å²) in [5, 5.41) is 8.38. The van der Waals surface area contributed by atoms with E-state index < -0.39 is 0 Å². The van der Waals surface area contributed by atoms with Crippen LogP contribution in [0.5, 0.6) is 17.2 Å². The fraction of sp³-hybridized carbons (Fsp3) is 0.143. The number of hydrogen-bond acceptors (Lipinski definition) is 5. The summed E-state index contributed by atoms with van der Waals surface area (Å²) in [6, 6.07) is 19.6. The van der Waals surface area contributed by atoms with Gasteiger partial charge in [0.2, 0.25) is 11.8 Å². The Labute approximate surface area is 194 Å². The maximum atomic E-state index is 6.22. The van der Waals surface area contributed by atoms with Gasteiger partial charge in [-0.3, -0.25) is 0 Å². The third-order valence-corrected chi connectivity index (χ3v) is 5.11. The van der Waals surface area contributed by atoms with E-state index in [-0.39, 0.29) is 0 Å². The monoisotopic (exact) mass is 438 g/mol. The van der Waals surface area contributed by atoms with Crippen molar-refractivity contribution in [3.8, 4) is 40.2 Å². The molecule has 3 aromatic carbocycles. The van der Waals surface area contributed by atoms with Gasteiger partial charge in [-0.05, 0) is 69.3 Å². The second-order valence-electron chi connectivity index (χ2n) is 7.54.